The van der Waals surface area contributed by atoms with Crippen molar-refractivity contribution in [3.63, 3.8) is 0 Å². The first-order valence-electron chi connectivity index (χ1n) is 9.27. The minimum Gasteiger partial charge on any atom is -0.388 e. The summed E-state index contributed by atoms with van der Waals surface area (Å²) in [6, 6.07) is 5.52. The van der Waals surface area contributed by atoms with E-state index in [-0.39, 0.29) is 5.91 Å². The van der Waals surface area contributed by atoms with Crippen LogP contribution >= 0.6 is 0 Å². The third-order valence-electron chi connectivity index (χ3n) is 5.20. The highest BCUT2D eigenvalue weighted by Crippen LogP contribution is 2.29. The monoisotopic (exact) mass is 377 g/mol. The van der Waals surface area contributed by atoms with Crippen LogP contribution in [0.5, 0.6) is 0 Å². The Hall–Kier alpha value is -3.26. The number of benzene rings is 1. The Morgan fingerprint density at radius 2 is 2.21 bits per heavy atom. The van der Waals surface area contributed by atoms with E-state index in [1.807, 2.05) is 10.6 Å². The molecule has 0 aliphatic carbocycles. The van der Waals surface area contributed by atoms with Gasteiger partial charge in [-0.3, -0.25) is 9.69 Å². The highest BCUT2D eigenvalue weighted by molar-refractivity contribution is 6.05. The fraction of sp³-hybridized carbons (Fsp3) is 0.300. The van der Waals surface area contributed by atoms with E-state index in [1.54, 1.807) is 37.6 Å². The molecular formula is C20H23N7O. The minimum atomic E-state index is -0.270. The summed E-state index contributed by atoms with van der Waals surface area (Å²) >= 11 is 0. The largest absolute Gasteiger partial charge is 0.388 e. The lowest BCUT2D eigenvalue weighted by atomic mass is 10.1. The number of carbonyl (C=O) groups is 1. The average molecular weight is 377 g/mol. The van der Waals surface area contributed by atoms with Crippen LogP contribution in [0, 0.1) is 5.41 Å². The number of nitrogens with zero attached hydrogens (tertiary/aromatic N) is 4. The van der Waals surface area contributed by atoms with Crippen molar-refractivity contribution in [1.29, 1.82) is 5.41 Å². The number of rotatable bonds is 5. The van der Waals surface area contributed by atoms with Crippen molar-refractivity contribution in [2.24, 2.45) is 0 Å². The number of aromatic nitrogens is 3. The highest BCUT2D eigenvalue weighted by Gasteiger charge is 2.25. The van der Waals surface area contributed by atoms with Crippen LogP contribution in [0.2, 0.25) is 0 Å². The molecule has 0 saturated carbocycles. The number of carbonyl (C=O) groups excluding carboxylic acids is 1. The molecule has 1 saturated heterocycles. The average Bonchev–Trinajstić information content (AvgIpc) is 3.32. The van der Waals surface area contributed by atoms with Gasteiger partial charge in [0.2, 0.25) is 0 Å². The van der Waals surface area contributed by atoms with Crippen molar-refractivity contribution in [3.8, 4) is 0 Å². The van der Waals surface area contributed by atoms with E-state index in [2.05, 4.69) is 32.5 Å². The molecule has 0 radical (unpaired) electrons. The van der Waals surface area contributed by atoms with Crippen LogP contribution < -0.4 is 10.6 Å². The number of amides is 1. The minimum absolute atomic E-state index is 0.270. The van der Waals surface area contributed by atoms with Gasteiger partial charge in [-0.25, -0.2) is 9.97 Å². The van der Waals surface area contributed by atoms with Gasteiger partial charge in [-0.1, -0.05) is 0 Å². The number of nitrogens with one attached hydrogen (secondary N) is 3. The molecular weight excluding hydrogens is 354 g/mol. The topological polar surface area (TPSA) is 98.4 Å². The lowest BCUT2D eigenvalue weighted by Crippen LogP contribution is -2.17. The molecule has 0 spiro atoms. The molecule has 0 bridgehead atoms. The van der Waals surface area contributed by atoms with Gasteiger partial charge >= 0.3 is 0 Å². The summed E-state index contributed by atoms with van der Waals surface area (Å²) in [4.78, 5) is 23.9. The Morgan fingerprint density at radius 1 is 1.36 bits per heavy atom. The summed E-state index contributed by atoms with van der Waals surface area (Å²) in [5, 5.41) is 13.3. The van der Waals surface area contributed by atoms with E-state index in [4.69, 9.17) is 5.41 Å². The van der Waals surface area contributed by atoms with Crippen LogP contribution in [0.15, 0.2) is 36.8 Å². The molecule has 1 atom stereocenters. The fourth-order valence-corrected chi connectivity index (χ4v) is 3.67. The third kappa shape index (κ3) is 3.34. The second-order valence-corrected chi connectivity index (χ2v) is 6.99. The molecule has 1 unspecified atom stereocenters. The maximum atomic E-state index is 12.6. The number of likely N-dealkylation sites (tertiary alicyclic amines) is 1. The lowest BCUT2D eigenvalue weighted by molar-refractivity contribution is 0.102. The van der Waals surface area contributed by atoms with Gasteiger partial charge in [-0.2, -0.15) is 0 Å². The van der Waals surface area contributed by atoms with E-state index in [0.717, 1.165) is 30.0 Å². The lowest BCUT2D eigenvalue weighted by Gasteiger charge is -2.16. The molecule has 8 heteroatoms. The molecule has 8 nitrogen and oxygen atoms in total. The van der Waals surface area contributed by atoms with Crippen molar-refractivity contribution in [3.05, 3.63) is 53.6 Å². The zero-order valence-electron chi connectivity index (χ0n) is 15.9. The van der Waals surface area contributed by atoms with Gasteiger partial charge in [0, 0.05) is 36.3 Å². The van der Waals surface area contributed by atoms with Crippen molar-refractivity contribution in [1.82, 2.24) is 19.3 Å². The van der Waals surface area contributed by atoms with Crippen LogP contribution in [0.3, 0.4) is 0 Å². The van der Waals surface area contributed by atoms with Crippen molar-refractivity contribution < 1.29 is 4.79 Å². The SMILES string of the molecule is CNc1ccc(C(=O)Nc2cn3cc(C4CCCN4C)nc3cn2)cc1C=N. The van der Waals surface area contributed by atoms with Gasteiger partial charge in [-0.05, 0) is 44.6 Å². The molecule has 1 aliphatic heterocycles. The van der Waals surface area contributed by atoms with Crippen LogP contribution in [0.25, 0.3) is 5.65 Å². The summed E-state index contributed by atoms with van der Waals surface area (Å²) in [5.74, 6) is 0.184. The van der Waals surface area contributed by atoms with E-state index >= 15 is 0 Å². The smallest absolute Gasteiger partial charge is 0.256 e. The zero-order valence-corrected chi connectivity index (χ0v) is 15.9. The maximum absolute atomic E-state index is 12.6. The number of anilines is 2. The normalized spacial score (nSPS) is 17.0. The van der Waals surface area contributed by atoms with E-state index in [9.17, 15) is 4.79 Å². The molecule has 3 N–H and O–H groups in total. The van der Waals surface area contributed by atoms with Gasteiger partial charge in [0.05, 0.1) is 24.1 Å². The summed E-state index contributed by atoms with van der Waals surface area (Å²) in [6.07, 6.45) is 8.96. The molecule has 1 fully saturated rings. The maximum Gasteiger partial charge on any atom is 0.256 e. The molecule has 4 rings (SSSR count). The van der Waals surface area contributed by atoms with Gasteiger partial charge < -0.3 is 20.4 Å². The Balaban J connectivity index is 1.56. The standard InChI is InChI=1S/C20H23N7O/c1-22-15-6-5-13(8-14(15)9-21)20(28)25-18-12-27-11-16(24-19(27)10-23-18)17-4-3-7-26(17)2/h5-6,8-12,17,21-22H,3-4,7H2,1-2H3,(H,25,28). The van der Waals surface area contributed by atoms with Crippen molar-refractivity contribution in [2.45, 2.75) is 18.9 Å². The molecule has 1 aromatic carbocycles. The molecule has 1 aliphatic rings. The predicted molar refractivity (Wildman–Crippen MR) is 109 cm³/mol. The fourth-order valence-electron chi connectivity index (χ4n) is 3.67. The van der Waals surface area contributed by atoms with Crippen LogP contribution in [-0.4, -0.2) is 52.0 Å². The number of fused-ring (bicyclic) bond motifs is 1. The van der Waals surface area contributed by atoms with Gasteiger partial charge in [0.25, 0.3) is 5.91 Å². The third-order valence-corrected chi connectivity index (χ3v) is 5.20. The summed E-state index contributed by atoms with van der Waals surface area (Å²) in [6.45, 7) is 1.09. The van der Waals surface area contributed by atoms with Gasteiger partial charge in [0.15, 0.2) is 5.65 Å². The molecule has 1 amide bonds. The molecule has 2 aromatic heterocycles. The van der Waals surface area contributed by atoms with Crippen molar-refractivity contribution >= 4 is 29.3 Å². The summed E-state index contributed by atoms with van der Waals surface area (Å²) in [7, 11) is 3.90. The Morgan fingerprint density at radius 3 is 2.93 bits per heavy atom. The first-order valence-corrected chi connectivity index (χ1v) is 9.27. The second kappa shape index (κ2) is 7.40. The van der Waals surface area contributed by atoms with E-state index in [0.29, 0.717) is 23.0 Å². The van der Waals surface area contributed by atoms with Gasteiger partial charge in [0.1, 0.15) is 5.82 Å². The molecule has 144 valence electrons. The van der Waals surface area contributed by atoms with Crippen LogP contribution in [-0.2, 0) is 0 Å². The summed E-state index contributed by atoms with van der Waals surface area (Å²) < 4.78 is 1.90. The molecule has 28 heavy (non-hydrogen) atoms. The second-order valence-electron chi connectivity index (χ2n) is 6.99. The quantitative estimate of drug-likeness (QED) is 0.594. The molecule has 3 aromatic rings. The Kier molecular flexibility index (Phi) is 4.79. The number of hydrogen-bond donors (Lipinski definition) is 3. The van der Waals surface area contributed by atoms with Crippen molar-refractivity contribution in [2.75, 3.05) is 31.3 Å². The molecule has 3 heterocycles. The van der Waals surface area contributed by atoms with Gasteiger partial charge in [-0.15, -0.1) is 0 Å². The van der Waals surface area contributed by atoms with Crippen LogP contribution in [0.1, 0.15) is 40.5 Å². The Labute approximate surface area is 163 Å². The Bertz CT molecular complexity index is 1040. The highest BCUT2D eigenvalue weighted by atomic mass is 16.1. The summed E-state index contributed by atoms with van der Waals surface area (Å²) in [5.41, 5.74) is 3.71. The number of imidazole rings is 1. The number of hydrogen-bond acceptors (Lipinski definition) is 6. The first-order chi connectivity index (χ1) is 13.6. The predicted octanol–water partition coefficient (Wildman–Crippen LogP) is 2.79. The van der Waals surface area contributed by atoms with E-state index < -0.39 is 0 Å². The zero-order chi connectivity index (χ0) is 19.7. The van der Waals surface area contributed by atoms with E-state index in [1.165, 1.54) is 12.6 Å². The van der Waals surface area contributed by atoms with Crippen LogP contribution in [0.4, 0.5) is 11.5 Å². The first kappa shape index (κ1) is 18.1.